The Hall–Kier alpha value is -1.02. The van der Waals surface area contributed by atoms with E-state index >= 15 is 0 Å². The van der Waals surface area contributed by atoms with Gasteiger partial charge in [0, 0.05) is 24.3 Å². The van der Waals surface area contributed by atoms with Gasteiger partial charge in [0.25, 0.3) is 0 Å². The second-order valence-corrected chi connectivity index (χ2v) is 5.80. The molecular formula is C17H28N2. The topological polar surface area (TPSA) is 15.3 Å². The molecule has 1 aliphatic rings. The van der Waals surface area contributed by atoms with Crippen molar-refractivity contribution in [2.24, 2.45) is 0 Å². The van der Waals surface area contributed by atoms with Crippen LogP contribution >= 0.6 is 0 Å². The van der Waals surface area contributed by atoms with Gasteiger partial charge in [-0.1, -0.05) is 24.6 Å². The van der Waals surface area contributed by atoms with Crippen molar-refractivity contribution in [2.45, 2.75) is 58.5 Å². The van der Waals surface area contributed by atoms with E-state index in [1.54, 1.807) is 0 Å². The molecule has 2 rings (SSSR count). The fraction of sp³-hybridized carbons (Fsp3) is 0.647. The highest BCUT2D eigenvalue weighted by Crippen LogP contribution is 2.24. The van der Waals surface area contributed by atoms with Gasteiger partial charge in [-0.05, 0) is 58.2 Å². The molecule has 0 spiro atoms. The summed E-state index contributed by atoms with van der Waals surface area (Å²) >= 11 is 0. The minimum atomic E-state index is 0.599. The van der Waals surface area contributed by atoms with E-state index < -0.39 is 0 Å². The third-order valence-corrected chi connectivity index (χ3v) is 4.34. The standard InChI is InChI=1S/C17H28N2/c1-4-19(17-11-6-5-9-14(17)2)15(3)13-16-10-7-8-12-18-16/h5-6,9,11,15-16,18H,4,7-8,10,12-13H2,1-3H3. The van der Waals surface area contributed by atoms with Gasteiger partial charge in [-0.2, -0.15) is 0 Å². The van der Waals surface area contributed by atoms with Crippen LogP contribution in [0.2, 0.25) is 0 Å². The Morgan fingerprint density at radius 3 is 2.74 bits per heavy atom. The lowest BCUT2D eigenvalue weighted by atomic mass is 9.97. The second kappa shape index (κ2) is 6.95. The van der Waals surface area contributed by atoms with Gasteiger partial charge in [-0.15, -0.1) is 0 Å². The average molecular weight is 260 g/mol. The summed E-state index contributed by atoms with van der Waals surface area (Å²) in [6.07, 6.45) is 5.33. The molecule has 1 fully saturated rings. The van der Waals surface area contributed by atoms with E-state index in [-0.39, 0.29) is 0 Å². The third kappa shape index (κ3) is 3.73. The molecule has 0 aromatic heterocycles. The zero-order valence-electron chi connectivity index (χ0n) is 12.7. The van der Waals surface area contributed by atoms with E-state index in [0.717, 1.165) is 6.54 Å². The van der Waals surface area contributed by atoms with Gasteiger partial charge in [0.2, 0.25) is 0 Å². The fourth-order valence-electron chi connectivity index (χ4n) is 3.27. The minimum absolute atomic E-state index is 0.599. The number of rotatable bonds is 5. The van der Waals surface area contributed by atoms with E-state index in [4.69, 9.17) is 0 Å². The summed E-state index contributed by atoms with van der Waals surface area (Å²) < 4.78 is 0. The average Bonchev–Trinajstić information content (AvgIpc) is 2.43. The van der Waals surface area contributed by atoms with E-state index in [2.05, 4.69) is 55.3 Å². The number of benzene rings is 1. The van der Waals surface area contributed by atoms with Crippen LogP contribution in [0.3, 0.4) is 0 Å². The van der Waals surface area contributed by atoms with Crippen LogP contribution in [0.25, 0.3) is 0 Å². The summed E-state index contributed by atoms with van der Waals surface area (Å²) in [6, 6.07) is 10.0. The first-order chi connectivity index (χ1) is 9.22. The molecule has 1 aromatic rings. The molecule has 0 radical (unpaired) electrons. The Morgan fingerprint density at radius 2 is 2.11 bits per heavy atom. The Morgan fingerprint density at radius 1 is 1.32 bits per heavy atom. The normalized spacial score (nSPS) is 21.1. The van der Waals surface area contributed by atoms with Crippen LogP contribution in [0.1, 0.15) is 45.1 Å². The van der Waals surface area contributed by atoms with Crippen molar-refractivity contribution in [2.75, 3.05) is 18.0 Å². The molecule has 2 unspecified atom stereocenters. The maximum Gasteiger partial charge on any atom is 0.0398 e. The molecule has 1 N–H and O–H groups in total. The van der Waals surface area contributed by atoms with Gasteiger partial charge in [0.1, 0.15) is 0 Å². The van der Waals surface area contributed by atoms with Crippen LogP contribution in [-0.2, 0) is 0 Å². The van der Waals surface area contributed by atoms with Crippen molar-refractivity contribution in [3.8, 4) is 0 Å². The summed E-state index contributed by atoms with van der Waals surface area (Å²) in [6.45, 7) is 9.12. The molecule has 1 aliphatic heterocycles. The van der Waals surface area contributed by atoms with Crippen LogP contribution in [0, 0.1) is 6.92 Å². The number of nitrogens with zero attached hydrogens (tertiary/aromatic N) is 1. The molecule has 19 heavy (non-hydrogen) atoms. The van der Waals surface area contributed by atoms with E-state index in [1.807, 2.05) is 0 Å². The molecule has 1 aromatic carbocycles. The lowest BCUT2D eigenvalue weighted by Crippen LogP contribution is -2.42. The van der Waals surface area contributed by atoms with Crippen molar-refractivity contribution in [3.63, 3.8) is 0 Å². The van der Waals surface area contributed by atoms with E-state index in [1.165, 1.54) is 43.5 Å². The SMILES string of the molecule is CCN(c1ccccc1C)C(C)CC1CCCCN1. The molecule has 0 saturated carbocycles. The molecule has 2 atom stereocenters. The van der Waals surface area contributed by atoms with Gasteiger partial charge < -0.3 is 10.2 Å². The second-order valence-electron chi connectivity index (χ2n) is 5.80. The molecule has 0 amide bonds. The number of hydrogen-bond acceptors (Lipinski definition) is 2. The number of hydrogen-bond donors (Lipinski definition) is 1. The predicted molar refractivity (Wildman–Crippen MR) is 83.9 cm³/mol. The molecule has 1 saturated heterocycles. The molecule has 2 nitrogen and oxygen atoms in total. The maximum atomic E-state index is 3.67. The first kappa shape index (κ1) is 14.4. The Bertz CT molecular complexity index is 383. The molecule has 2 heteroatoms. The first-order valence-corrected chi connectivity index (χ1v) is 7.78. The highest BCUT2D eigenvalue weighted by atomic mass is 15.2. The fourth-order valence-corrected chi connectivity index (χ4v) is 3.27. The molecule has 106 valence electrons. The lowest BCUT2D eigenvalue weighted by Gasteiger charge is -2.35. The van der Waals surface area contributed by atoms with E-state index in [9.17, 15) is 0 Å². The molecule has 0 aliphatic carbocycles. The van der Waals surface area contributed by atoms with Crippen molar-refractivity contribution in [3.05, 3.63) is 29.8 Å². The Kier molecular flexibility index (Phi) is 5.26. The molecular weight excluding hydrogens is 232 g/mol. The largest absolute Gasteiger partial charge is 0.369 e. The predicted octanol–water partition coefficient (Wildman–Crippen LogP) is 3.74. The lowest BCUT2D eigenvalue weighted by molar-refractivity contribution is 0.360. The minimum Gasteiger partial charge on any atom is -0.369 e. The van der Waals surface area contributed by atoms with Crippen LogP contribution in [0.4, 0.5) is 5.69 Å². The van der Waals surface area contributed by atoms with Crippen molar-refractivity contribution >= 4 is 5.69 Å². The molecule has 1 heterocycles. The van der Waals surface area contributed by atoms with Gasteiger partial charge in [0.15, 0.2) is 0 Å². The quantitative estimate of drug-likeness (QED) is 0.867. The zero-order valence-corrected chi connectivity index (χ0v) is 12.7. The van der Waals surface area contributed by atoms with Crippen LogP contribution in [0.15, 0.2) is 24.3 Å². The number of nitrogens with one attached hydrogen (secondary N) is 1. The van der Waals surface area contributed by atoms with Crippen molar-refractivity contribution < 1.29 is 0 Å². The molecule has 0 bridgehead atoms. The summed E-state index contributed by atoms with van der Waals surface area (Å²) in [5, 5.41) is 3.67. The van der Waals surface area contributed by atoms with Crippen molar-refractivity contribution in [1.82, 2.24) is 5.32 Å². The summed E-state index contributed by atoms with van der Waals surface area (Å²) in [7, 11) is 0. The van der Waals surface area contributed by atoms with Crippen LogP contribution < -0.4 is 10.2 Å². The van der Waals surface area contributed by atoms with Gasteiger partial charge >= 0.3 is 0 Å². The number of anilines is 1. The highest BCUT2D eigenvalue weighted by molar-refractivity contribution is 5.53. The van der Waals surface area contributed by atoms with Gasteiger partial charge in [0.05, 0.1) is 0 Å². The van der Waals surface area contributed by atoms with Crippen LogP contribution in [-0.4, -0.2) is 25.2 Å². The zero-order chi connectivity index (χ0) is 13.7. The van der Waals surface area contributed by atoms with Gasteiger partial charge in [-0.3, -0.25) is 0 Å². The number of aryl methyl sites for hydroxylation is 1. The number of para-hydroxylation sites is 1. The summed E-state index contributed by atoms with van der Waals surface area (Å²) in [5.74, 6) is 0. The van der Waals surface area contributed by atoms with E-state index in [0.29, 0.717) is 12.1 Å². The smallest absolute Gasteiger partial charge is 0.0398 e. The van der Waals surface area contributed by atoms with Crippen molar-refractivity contribution in [1.29, 1.82) is 0 Å². The highest BCUT2D eigenvalue weighted by Gasteiger charge is 2.20. The van der Waals surface area contributed by atoms with Gasteiger partial charge in [-0.25, -0.2) is 0 Å². The first-order valence-electron chi connectivity index (χ1n) is 7.78. The summed E-state index contributed by atoms with van der Waals surface area (Å²) in [5.41, 5.74) is 2.78. The van der Waals surface area contributed by atoms with Crippen LogP contribution in [0.5, 0.6) is 0 Å². The third-order valence-electron chi connectivity index (χ3n) is 4.34. The monoisotopic (exact) mass is 260 g/mol. The Balaban J connectivity index is 2.02. The Labute approximate surface area is 118 Å². The number of piperidine rings is 1. The maximum absolute atomic E-state index is 3.67. The summed E-state index contributed by atoms with van der Waals surface area (Å²) in [4.78, 5) is 2.55.